The Morgan fingerprint density at radius 3 is 2.50 bits per heavy atom. The standard InChI is InChI=1S/C12H19NO/c1-3-11(14)8-10-4-6-12(2,9-13)7-5-10/h10H,3-8H2,1-2H3. The number of rotatable bonds is 3. The Balaban J connectivity index is 2.37. The van der Waals surface area contributed by atoms with Crippen molar-refractivity contribution in [1.29, 1.82) is 5.26 Å². The van der Waals surface area contributed by atoms with Crippen molar-refractivity contribution in [2.24, 2.45) is 11.3 Å². The van der Waals surface area contributed by atoms with Gasteiger partial charge >= 0.3 is 0 Å². The Morgan fingerprint density at radius 1 is 1.50 bits per heavy atom. The van der Waals surface area contributed by atoms with Crippen LogP contribution in [-0.4, -0.2) is 5.78 Å². The summed E-state index contributed by atoms with van der Waals surface area (Å²) in [4.78, 5) is 11.2. The fraction of sp³-hybridized carbons (Fsp3) is 0.833. The van der Waals surface area contributed by atoms with Crippen LogP contribution in [0.15, 0.2) is 0 Å². The minimum Gasteiger partial charge on any atom is -0.300 e. The number of carbonyl (C=O) groups is 1. The molecular weight excluding hydrogens is 174 g/mol. The van der Waals surface area contributed by atoms with Crippen LogP contribution in [0, 0.1) is 22.7 Å². The number of carbonyl (C=O) groups excluding carboxylic acids is 1. The zero-order valence-electron chi connectivity index (χ0n) is 9.18. The van der Waals surface area contributed by atoms with Crippen LogP contribution in [0.4, 0.5) is 0 Å². The van der Waals surface area contributed by atoms with Crippen molar-refractivity contribution in [3.63, 3.8) is 0 Å². The van der Waals surface area contributed by atoms with Crippen LogP contribution in [0.1, 0.15) is 52.4 Å². The maximum Gasteiger partial charge on any atom is 0.132 e. The zero-order chi connectivity index (χ0) is 10.6. The third-order valence-electron chi connectivity index (χ3n) is 3.39. The zero-order valence-corrected chi connectivity index (χ0v) is 9.18. The Morgan fingerprint density at radius 2 is 2.07 bits per heavy atom. The number of hydrogen-bond acceptors (Lipinski definition) is 2. The summed E-state index contributed by atoms with van der Waals surface area (Å²) in [7, 11) is 0. The highest BCUT2D eigenvalue weighted by Crippen LogP contribution is 2.39. The molecule has 2 heteroatoms. The molecule has 2 nitrogen and oxygen atoms in total. The highest BCUT2D eigenvalue weighted by Gasteiger charge is 2.31. The number of hydrogen-bond donors (Lipinski definition) is 0. The summed E-state index contributed by atoms with van der Waals surface area (Å²) in [5, 5.41) is 8.95. The van der Waals surface area contributed by atoms with Gasteiger partial charge in [0.1, 0.15) is 5.78 Å². The molecule has 78 valence electrons. The lowest BCUT2D eigenvalue weighted by atomic mass is 9.71. The molecule has 1 rings (SSSR count). The van der Waals surface area contributed by atoms with Crippen molar-refractivity contribution >= 4 is 5.78 Å². The molecule has 0 unspecified atom stereocenters. The van der Waals surface area contributed by atoms with E-state index in [1.807, 2.05) is 13.8 Å². The first-order chi connectivity index (χ1) is 6.59. The molecule has 1 aliphatic rings. The third kappa shape index (κ3) is 2.83. The van der Waals surface area contributed by atoms with Crippen molar-refractivity contribution in [1.82, 2.24) is 0 Å². The number of ketones is 1. The minimum absolute atomic E-state index is 0.119. The monoisotopic (exact) mass is 193 g/mol. The van der Waals surface area contributed by atoms with E-state index in [0.29, 0.717) is 18.1 Å². The topological polar surface area (TPSA) is 40.9 Å². The summed E-state index contributed by atoms with van der Waals surface area (Å²) < 4.78 is 0. The second kappa shape index (κ2) is 4.59. The van der Waals surface area contributed by atoms with Gasteiger partial charge in [0.2, 0.25) is 0 Å². The fourth-order valence-corrected chi connectivity index (χ4v) is 2.10. The first kappa shape index (κ1) is 11.2. The van der Waals surface area contributed by atoms with Crippen LogP contribution in [0.2, 0.25) is 0 Å². The molecule has 1 fully saturated rings. The highest BCUT2D eigenvalue weighted by molar-refractivity contribution is 5.78. The van der Waals surface area contributed by atoms with Gasteiger partial charge in [0.25, 0.3) is 0 Å². The van der Waals surface area contributed by atoms with Gasteiger partial charge in [0, 0.05) is 12.8 Å². The summed E-state index contributed by atoms with van der Waals surface area (Å²) in [6, 6.07) is 2.38. The van der Waals surface area contributed by atoms with Crippen LogP contribution in [-0.2, 0) is 4.79 Å². The van der Waals surface area contributed by atoms with Crippen molar-refractivity contribution in [3.8, 4) is 6.07 Å². The summed E-state index contributed by atoms with van der Waals surface area (Å²) in [5.41, 5.74) is -0.119. The van der Waals surface area contributed by atoms with E-state index < -0.39 is 0 Å². The molecule has 0 radical (unpaired) electrons. The molecule has 0 N–H and O–H groups in total. The van der Waals surface area contributed by atoms with Gasteiger partial charge in [-0.25, -0.2) is 0 Å². The van der Waals surface area contributed by atoms with Gasteiger partial charge in [-0.2, -0.15) is 5.26 Å². The number of nitriles is 1. The third-order valence-corrected chi connectivity index (χ3v) is 3.39. The van der Waals surface area contributed by atoms with E-state index in [1.165, 1.54) is 0 Å². The molecule has 0 aromatic rings. The van der Waals surface area contributed by atoms with Crippen molar-refractivity contribution in [2.45, 2.75) is 52.4 Å². The number of Topliss-reactive ketones (excluding diaryl/α,β-unsaturated/α-hetero) is 1. The molecule has 0 amide bonds. The van der Waals surface area contributed by atoms with E-state index in [1.54, 1.807) is 0 Å². The first-order valence-corrected chi connectivity index (χ1v) is 5.52. The summed E-state index contributed by atoms with van der Waals surface area (Å²) >= 11 is 0. The maximum absolute atomic E-state index is 11.2. The van der Waals surface area contributed by atoms with Gasteiger partial charge in [0.15, 0.2) is 0 Å². The summed E-state index contributed by atoms with van der Waals surface area (Å²) in [6.45, 7) is 3.95. The maximum atomic E-state index is 11.2. The van der Waals surface area contributed by atoms with E-state index in [2.05, 4.69) is 6.07 Å². The van der Waals surface area contributed by atoms with Gasteiger partial charge in [-0.3, -0.25) is 4.79 Å². The second-order valence-electron chi connectivity index (χ2n) is 4.71. The largest absolute Gasteiger partial charge is 0.300 e. The van der Waals surface area contributed by atoms with Crippen LogP contribution in [0.3, 0.4) is 0 Å². The first-order valence-electron chi connectivity index (χ1n) is 5.52. The Hall–Kier alpha value is -0.840. The Kier molecular flexibility index (Phi) is 3.69. The lowest BCUT2D eigenvalue weighted by Crippen LogP contribution is -2.24. The molecule has 0 atom stereocenters. The molecule has 14 heavy (non-hydrogen) atoms. The lowest BCUT2D eigenvalue weighted by Gasteiger charge is -2.31. The Bertz CT molecular complexity index is 244. The predicted octanol–water partition coefficient (Wildman–Crippen LogP) is 3.08. The molecule has 0 aromatic carbocycles. The van der Waals surface area contributed by atoms with E-state index in [4.69, 9.17) is 5.26 Å². The molecule has 1 aliphatic carbocycles. The summed E-state index contributed by atoms with van der Waals surface area (Å²) in [5.74, 6) is 0.916. The van der Waals surface area contributed by atoms with E-state index in [9.17, 15) is 4.79 Å². The van der Waals surface area contributed by atoms with Gasteiger partial charge in [-0.15, -0.1) is 0 Å². The van der Waals surface area contributed by atoms with Gasteiger partial charge < -0.3 is 0 Å². The van der Waals surface area contributed by atoms with Gasteiger partial charge in [-0.05, 0) is 38.5 Å². The van der Waals surface area contributed by atoms with E-state index in [0.717, 1.165) is 32.1 Å². The normalized spacial score (nSPS) is 32.2. The SMILES string of the molecule is CCC(=O)CC1CCC(C)(C#N)CC1. The second-order valence-corrected chi connectivity index (χ2v) is 4.71. The molecule has 0 aliphatic heterocycles. The lowest BCUT2D eigenvalue weighted by molar-refractivity contribution is -0.120. The summed E-state index contributed by atoms with van der Waals surface area (Å²) in [6.07, 6.45) is 5.42. The number of nitrogens with zero attached hydrogens (tertiary/aromatic N) is 1. The highest BCUT2D eigenvalue weighted by atomic mass is 16.1. The average molecular weight is 193 g/mol. The minimum atomic E-state index is -0.119. The van der Waals surface area contributed by atoms with Crippen LogP contribution in [0.5, 0.6) is 0 Å². The van der Waals surface area contributed by atoms with Crippen LogP contribution in [0.25, 0.3) is 0 Å². The van der Waals surface area contributed by atoms with Gasteiger partial charge in [0.05, 0.1) is 11.5 Å². The molecule has 0 saturated heterocycles. The predicted molar refractivity (Wildman–Crippen MR) is 55.6 cm³/mol. The molecule has 0 spiro atoms. The van der Waals surface area contributed by atoms with Gasteiger partial charge in [-0.1, -0.05) is 6.92 Å². The molecule has 0 bridgehead atoms. The van der Waals surface area contributed by atoms with Crippen molar-refractivity contribution < 1.29 is 4.79 Å². The average Bonchev–Trinajstić information content (AvgIpc) is 2.21. The van der Waals surface area contributed by atoms with Crippen molar-refractivity contribution in [3.05, 3.63) is 0 Å². The molecule has 0 aromatic heterocycles. The molecule has 0 heterocycles. The fourth-order valence-electron chi connectivity index (χ4n) is 2.10. The quantitative estimate of drug-likeness (QED) is 0.691. The smallest absolute Gasteiger partial charge is 0.132 e. The van der Waals surface area contributed by atoms with Crippen LogP contribution < -0.4 is 0 Å². The van der Waals surface area contributed by atoms with Crippen LogP contribution >= 0.6 is 0 Å². The van der Waals surface area contributed by atoms with Crippen molar-refractivity contribution in [2.75, 3.05) is 0 Å². The molecular formula is C12H19NO. The Labute approximate surface area is 86.3 Å². The van der Waals surface area contributed by atoms with E-state index in [-0.39, 0.29) is 5.41 Å². The van der Waals surface area contributed by atoms with E-state index >= 15 is 0 Å². The molecule has 1 saturated carbocycles.